The van der Waals surface area contributed by atoms with Crippen molar-refractivity contribution in [2.45, 2.75) is 24.7 Å². The Bertz CT molecular complexity index is 1020. The van der Waals surface area contributed by atoms with E-state index in [1.54, 1.807) is 6.20 Å². The maximum Gasteiger partial charge on any atom is 0.236 e. The van der Waals surface area contributed by atoms with Crippen LogP contribution in [0.3, 0.4) is 0 Å². The molecule has 3 aromatic rings. The molecule has 1 aliphatic rings. The van der Waals surface area contributed by atoms with E-state index in [0.717, 1.165) is 22.6 Å². The highest BCUT2D eigenvalue weighted by Crippen LogP contribution is 2.49. The molecule has 1 aromatic heterocycles. The maximum atomic E-state index is 13.5. The van der Waals surface area contributed by atoms with Crippen molar-refractivity contribution >= 4 is 34.0 Å². The number of benzene rings is 2. The Morgan fingerprint density at radius 3 is 2.67 bits per heavy atom. The quantitative estimate of drug-likeness (QED) is 0.624. The SMILES string of the molecule is O=C(Nc1ncc(Cc2ccccc2Cl)s1)C1(c2ccc(F)c(F)c2)CC1. The molecule has 0 aliphatic heterocycles. The Morgan fingerprint density at radius 2 is 1.96 bits per heavy atom. The van der Waals surface area contributed by atoms with E-state index < -0.39 is 17.0 Å². The third kappa shape index (κ3) is 3.59. The second kappa shape index (κ2) is 7.02. The first-order chi connectivity index (χ1) is 13.0. The Morgan fingerprint density at radius 1 is 1.19 bits per heavy atom. The fourth-order valence-corrected chi connectivity index (χ4v) is 4.09. The summed E-state index contributed by atoms with van der Waals surface area (Å²) in [4.78, 5) is 18.0. The Balaban J connectivity index is 1.48. The molecule has 1 amide bonds. The van der Waals surface area contributed by atoms with Gasteiger partial charge in [0.2, 0.25) is 5.91 Å². The molecule has 1 N–H and O–H groups in total. The topological polar surface area (TPSA) is 42.0 Å². The average molecular weight is 405 g/mol. The van der Waals surface area contributed by atoms with Crippen molar-refractivity contribution in [3.05, 3.63) is 81.3 Å². The maximum absolute atomic E-state index is 13.5. The van der Waals surface area contributed by atoms with E-state index in [1.807, 2.05) is 24.3 Å². The Kier molecular flexibility index (Phi) is 4.70. The molecule has 0 spiro atoms. The highest BCUT2D eigenvalue weighted by molar-refractivity contribution is 7.15. The fourth-order valence-electron chi connectivity index (χ4n) is 3.06. The number of anilines is 1. The van der Waals surface area contributed by atoms with Crippen LogP contribution in [-0.2, 0) is 16.6 Å². The number of carbonyl (C=O) groups is 1. The van der Waals surface area contributed by atoms with Crippen molar-refractivity contribution < 1.29 is 13.6 Å². The van der Waals surface area contributed by atoms with Crippen molar-refractivity contribution in [1.82, 2.24) is 4.98 Å². The molecule has 1 heterocycles. The zero-order chi connectivity index (χ0) is 19.0. The number of nitrogens with one attached hydrogen (secondary N) is 1. The number of carbonyl (C=O) groups excluding carboxylic acids is 1. The van der Waals surface area contributed by atoms with E-state index in [9.17, 15) is 13.6 Å². The smallest absolute Gasteiger partial charge is 0.236 e. The molecule has 3 nitrogen and oxygen atoms in total. The van der Waals surface area contributed by atoms with Gasteiger partial charge in [-0.2, -0.15) is 0 Å². The van der Waals surface area contributed by atoms with E-state index in [1.165, 1.54) is 17.4 Å². The molecule has 1 saturated carbocycles. The lowest BCUT2D eigenvalue weighted by Crippen LogP contribution is -2.27. The van der Waals surface area contributed by atoms with Gasteiger partial charge in [-0.05, 0) is 42.2 Å². The summed E-state index contributed by atoms with van der Waals surface area (Å²) in [5.74, 6) is -2.10. The fraction of sp³-hybridized carbons (Fsp3) is 0.200. The molecule has 0 bridgehead atoms. The molecule has 138 valence electrons. The van der Waals surface area contributed by atoms with Crippen LogP contribution in [0.1, 0.15) is 28.8 Å². The van der Waals surface area contributed by atoms with Gasteiger partial charge >= 0.3 is 0 Å². The van der Waals surface area contributed by atoms with Gasteiger partial charge in [0.1, 0.15) is 0 Å². The number of nitrogens with zero attached hydrogens (tertiary/aromatic N) is 1. The highest BCUT2D eigenvalue weighted by atomic mass is 35.5. The molecule has 27 heavy (non-hydrogen) atoms. The molecular weight excluding hydrogens is 390 g/mol. The summed E-state index contributed by atoms with van der Waals surface area (Å²) in [7, 11) is 0. The van der Waals surface area contributed by atoms with Crippen LogP contribution in [0.5, 0.6) is 0 Å². The predicted octanol–water partition coefficient (Wildman–Crippen LogP) is 5.34. The van der Waals surface area contributed by atoms with E-state index in [4.69, 9.17) is 11.6 Å². The molecule has 7 heteroatoms. The van der Waals surface area contributed by atoms with Crippen molar-refractivity contribution in [2.24, 2.45) is 0 Å². The van der Waals surface area contributed by atoms with Gasteiger partial charge in [-0.15, -0.1) is 11.3 Å². The number of thiazole rings is 1. The van der Waals surface area contributed by atoms with Crippen LogP contribution in [0.4, 0.5) is 13.9 Å². The summed E-state index contributed by atoms with van der Waals surface area (Å²) in [6.45, 7) is 0. The highest BCUT2D eigenvalue weighted by Gasteiger charge is 2.51. The van der Waals surface area contributed by atoms with Crippen molar-refractivity contribution in [3.8, 4) is 0 Å². The van der Waals surface area contributed by atoms with Crippen LogP contribution in [0.2, 0.25) is 5.02 Å². The second-order valence-electron chi connectivity index (χ2n) is 6.57. The molecule has 1 fully saturated rings. The van der Waals surface area contributed by atoms with Crippen LogP contribution in [0, 0.1) is 11.6 Å². The Hall–Kier alpha value is -2.31. The third-order valence-electron chi connectivity index (χ3n) is 4.75. The number of hydrogen-bond acceptors (Lipinski definition) is 3. The molecule has 2 aromatic carbocycles. The minimum Gasteiger partial charge on any atom is -0.301 e. The van der Waals surface area contributed by atoms with Gasteiger partial charge in [0.05, 0.1) is 5.41 Å². The summed E-state index contributed by atoms with van der Waals surface area (Å²) < 4.78 is 26.7. The average Bonchev–Trinajstić information content (AvgIpc) is 3.35. The standard InChI is InChI=1S/C20H15ClF2N2OS/c21-15-4-2-1-3-12(15)9-14-11-24-19(27-14)25-18(26)20(7-8-20)13-5-6-16(22)17(23)10-13/h1-6,10-11H,7-9H2,(H,24,25,26). The van der Waals surface area contributed by atoms with E-state index >= 15 is 0 Å². The summed E-state index contributed by atoms with van der Waals surface area (Å²) in [6, 6.07) is 11.2. The van der Waals surface area contributed by atoms with Crippen molar-refractivity contribution in [3.63, 3.8) is 0 Å². The van der Waals surface area contributed by atoms with Crippen LogP contribution in [0.25, 0.3) is 0 Å². The second-order valence-corrected chi connectivity index (χ2v) is 8.09. The molecule has 0 unspecified atom stereocenters. The number of halogens is 3. The molecule has 1 aliphatic carbocycles. The van der Waals surface area contributed by atoms with Crippen molar-refractivity contribution in [1.29, 1.82) is 0 Å². The molecule has 0 atom stereocenters. The first-order valence-electron chi connectivity index (χ1n) is 8.43. The summed E-state index contributed by atoms with van der Waals surface area (Å²) in [5.41, 5.74) is 0.677. The lowest BCUT2D eigenvalue weighted by atomic mass is 9.95. The molecular formula is C20H15ClF2N2OS. The van der Waals surface area contributed by atoms with Gasteiger partial charge < -0.3 is 5.32 Å². The summed E-state index contributed by atoms with van der Waals surface area (Å²) >= 11 is 7.56. The number of aromatic nitrogens is 1. The van der Waals surface area contributed by atoms with E-state index in [0.29, 0.717) is 35.0 Å². The van der Waals surface area contributed by atoms with Gasteiger partial charge in [-0.3, -0.25) is 4.79 Å². The lowest BCUT2D eigenvalue weighted by Gasteiger charge is -2.14. The largest absolute Gasteiger partial charge is 0.301 e. The van der Waals surface area contributed by atoms with Crippen LogP contribution in [-0.4, -0.2) is 10.9 Å². The molecule has 4 rings (SSSR count). The lowest BCUT2D eigenvalue weighted by molar-refractivity contribution is -0.118. The van der Waals surface area contributed by atoms with E-state index in [-0.39, 0.29) is 5.91 Å². The number of rotatable bonds is 5. The minimum atomic E-state index is -0.942. The van der Waals surface area contributed by atoms with Gasteiger partial charge in [-0.1, -0.05) is 35.9 Å². The third-order valence-corrected chi connectivity index (χ3v) is 6.03. The summed E-state index contributed by atoms with van der Waals surface area (Å²) in [6.07, 6.45) is 3.53. The van der Waals surface area contributed by atoms with Gasteiger partial charge in [0.25, 0.3) is 0 Å². The number of amides is 1. The zero-order valence-electron chi connectivity index (χ0n) is 14.1. The Labute approximate surface area is 164 Å². The summed E-state index contributed by atoms with van der Waals surface area (Å²) in [5, 5.41) is 3.99. The normalized spacial score (nSPS) is 14.8. The van der Waals surface area contributed by atoms with Crippen LogP contribution in [0.15, 0.2) is 48.7 Å². The van der Waals surface area contributed by atoms with Gasteiger partial charge in [0, 0.05) is 22.5 Å². The predicted molar refractivity (Wildman–Crippen MR) is 102 cm³/mol. The molecule has 0 saturated heterocycles. The zero-order valence-corrected chi connectivity index (χ0v) is 15.7. The van der Waals surface area contributed by atoms with Crippen molar-refractivity contribution in [2.75, 3.05) is 5.32 Å². The first-order valence-corrected chi connectivity index (χ1v) is 9.62. The van der Waals surface area contributed by atoms with E-state index in [2.05, 4.69) is 10.3 Å². The van der Waals surface area contributed by atoms with Gasteiger partial charge in [0.15, 0.2) is 16.8 Å². The first kappa shape index (κ1) is 18.1. The van der Waals surface area contributed by atoms with Crippen LogP contribution >= 0.6 is 22.9 Å². The minimum absolute atomic E-state index is 0.243. The number of hydrogen-bond donors (Lipinski definition) is 1. The monoisotopic (exact) mass is 404 g/mol. The van der Waals surface area contributed by atoms with Crippen LogP contribution < -0.4 is 5.32 Å². The van der Waals surface area contributed by atoms with Gasteiger partial charge in [-0.25, -0.2) is 13.8 Å². The molecule has 0 radical (unpaired) electrons.